The van der Waals surface area contributed by atoms with Crippen LogP contribution >= 0.6 is 0 Å². The number of hydrogen-bond acceptors (Lipinski definition) is 3. The number of ether oxygens (including phenoxy) is 1. The van der Waals surface area contributed by atoms with Gasteiger partial charge in [0.2, 0.25) is 5.91 Å². The van der Waals surface area contributed by atoms with Gasteiger partial charge in [0.1, 0.15) is 0 Å². The van der Waals surface area contributed by atoms with E-state index in [2.05, 4.69) is 17.6 Å². The number of carbonyl (C=O) groups is 1. The van der Waals surface area contributed by atoms with E-state index in [9.17, 15) is 4.79 Å². The topological polar surface area (TPSA) is 50.4 Å². The van der Waals surface area contributed by atoms with E-state index in [1.54, 1.807) is 0 Å². The highest BCUT2D eigenvalue weighted by molar-refractivity contribution is 5.78. The van der Waals surface area contributed by atoms with E-state index in [0.29, 0.717) is 12.6 Å². The van der Waals surface area contributed by atoms with Crippen molar-refractivity contribution < 1.29 is 9.53 Å². The van der Waals surface area contributed by atoms with Crippen LogP contribution in [-0.2, 0) is 9.53 Å². The quantitative estimate of drug-likeness (QED) is 0.710. The molecule has 0 radical (unpaired) electrons. The van der Waals surface area contributed by atoms with Gasteiger partial charge in [0.15, 0.2) is 0 Å². The molecule has 2 N–H and O–H groups in total. The number of hydrogen-bond donors (Lipinski definition) is 2. The summed E-state index contributed by atoms with van der Waals surface area (Å²) in [5.74, 6) is 0.117. The molecule has 1 aliphatic heterocycles. The van der Waals surface area contributed by atoms with Crippen LogP contribution in [0.25, 0.3) is 0 Å². The van der Waals surface area contributed by atoms with Gasteiger partial charge >= 0.3 is 0 Å². The number of carbonyl (C=O) groups excluding carboxylic acids is 1. The smallest absolute Gasteiger partial charge is 0.234 e. The minimum atomic E-state index is -0.0550. The normalized spacial score (nSPS) is 24.9. The number of nitrogens with one attached hydrogen (secondary N) is 2. The maximum absolute atomic E-state index is 11.6. The summed E-state index contributed by atoms with van der Waals surface area (Å²) in [5.41, 5.74) is -0.0550. The summed E-state index contributed by atoms with van der Waals surface area (Å²) in [7, 11) is 0. The molecule has 0 aromatic rings. The first kappa shape index (κ1) is 10.9. The fourth-order valence-electron chi connectivity index (χ4n) is 1.85. The maximum atomic E-state index is 11.6. The third-order valence-electron chi connectivity index (χ3n) is 3.17. The summed E-state index contributed by atoms with van der Waals surface area (Å²) in [6, 6.07) is 0.596. The van der Waals surface area contributed by atoms with Gasteiger partial charge in [0.05, 0.1) is 6.54 Å². The molecule has 1 amide bonds. The van der Waals surface area contributed by atoms with Crippen molar-refractivity contribution in [2.45, 2.75) is 44.2 Å². The maximum Gasteiger partial charge on any atom is 0.234 e. The zero-order valence-corrected chi connectivity index (χ0v) is 9.34. The van der Waals surface area contributed by atoms with Crippen molar-refractivity contribution in [3.05, 3.63) is 0 Å². The lowest BCUT2D eigenvalue weighted by Crippen LogP contribution is -2.52. The van der Waals surface area contributed by atoms with Crippen molar-refractivity contribution in [1.82, 2.24) is 10.6 Å². The van der Waals surface area contributed by atoms with E-state index in [1.165, 1.54) is 12.8 Å². The summed E-state index contributed by atoms with van der Waals surface area (Å²) in [4.78, 5) is 11.6. The summed E-state index contributed by atoms with van der Waals surface area (Å²) < 4.78 is 5.29. The zero-order valence-electron chi connectivity index (χ0n) is 9.34. The molecule has 2 rings (SSSR count). The fourth-order valence-corrected chi connectivity index (χ4v) is 1.85. The SMILES string of the molecule is CC1(NC(=O)CNC2CC2)CCOCC1. The van der Waals surface area contributed by atoms with E-state index in [0.717, 1.165) is 26.1 Å². The van der Waals surface area contributed by atoms with Crippen LogP contribution in [0.15, 0.2) is 0 Å². The summed E-state index contributed by atoms with van der Waals surface area (Å²) in [5, 5.41) is 6.32. The molecular formula is C11H20N2O2. The van der Waals surface area contributed by atoms with E-state index in [-0.39, 0.29) is 11.4 Å². The average molecular weight is 212 g/mol. The van der Waals surface area contributed by atoms with Crippen molar-refractivity contribution >= 4 is 5.91 Å². The van der Waals surface area contributed by atoms with E-state index >= 15 is 0 Å². The predicted octanol–water partition coefficient (Wildman–Crippen LogP) is 0.424. The molecule has 0 unspecified atom stereocenters. The molecule has 4 nitrogen and oxygen atoms in total. The highest BCUT2D eigenvalue weighted by Crippen LogP contribution is 2.20. The summed E-state index contributed by atoms with van der Waals surface area (Å²) >= 11 is 0. The highest BCUT2D eigenvalue weighted by atomic mass is 16.5. The van der Waals surface area contributed by atoms with Gasteiger partial charge in [0.25, 0.3) is 0 Å². The number of amides is 1. The van der Waals surface area contributed by atoms with E-state index < -0.39 is 0 Å². The minimum absolute atomic E-state index is 0.0550. The molecule has 15 heavy (non-hydrogen) atoms. The molecule has 1 saturated heterocycles. The van der Waals surface area contributed by atoms with Gasteiger partial charge in [0, 0.05) is 24.8 Å². The van der Waals surface area contributed by atoms with Crippen LogP contribution in [0, 0.1) is 0 Å². The van der Waals surface area contributed by atoms with Crippen molar-refractivity contribution in [2.24, 2.45) is 0 Å². The second kappa shape index (κ2) is 4.49. The van der Waals surface area contributed by atoms with Crippen LogP contribution in [0.1, 0.15) is 32.6 Å². The van der Waals surface area contributed by atoms with Crippen LogP contribution in [0.3, 0.4) is 0 Å². The van der Waals surface area contributed by atoms with Crippen molar-refractivity contribution in [2.75, 3.05) is 19.8 Å². The number of rotatable bonds is 4. The van der Waals surface area contributed by atoms with E-state index in [1.807, 2.05) is 0 Å². The Kier molecular flexibility index (Phi) is 3.26. The third kappa shape index (κ3) is 3.47. The molecule has 4 heteroatoms. The van der Waals surface area contributed by atoms with E-state index in [4.69, 9.17) is 4.74 Å². The molecule has 1 aliphatic carbocycles. The van der Waals surface area contributed by atoms with Gasteiger partial charge in [-0.2, -0.15) is 0 Å². The third-order valence-corrected chi connectivity index (χ3v) is 3.17. The molecule has 86 valence electrons. The first-order valence-electron chi connectivity index (χ1n) is 5.80. The second-order valence-corrected chi connectivity index (χ2v) is 4.88. The molecule has 1 heterocycles. The lowest BCUT2D eigenvalue weighted by Gasteiger charge is -2.34. The molecule has 1 saturated carbocycles. The monoisotopic (exact) mass is 212 g/mol. The van der Waals surface area contributed by atoms with Gasteiger partial charge in [-0.3, -0.25) is 4.79 Å². The van der Waals surface area contributed by atoms with Crippen LogP contribution in [0.2, 0.25) is 0 Å². The van der Waals surface area contributed by atoms with Crippen molar-refractivity contribution in [1.29, 1.82) is 0 Å². The molecule has 0 aromatic carbocycles. The average Bonchev–Trinajstić information content (AvgIpc) is 2.98. The Hall–Kier alpha value is -0.610. The first-order chi connectivity index (χ1) is 7.18. The van der Waals surface area contributed by atoms with Crippen LogP contribution in [-0.4, -0.2) is 37.2 Å². The summed E-state index contributed by atoms with van der Waals surface area (Å²) in [6.07, 6.45) is 4.28. The molecule has 2 fully saturated rings. The molecule has 2 aliphatic rings. The minimum Gasteiger partial charge on any atom is -0.381 e. The molecule has 0 bridgehead atoms. The predicted molar refractivity (Wildman–Crippen MR) is 57.6 cm³/mol. The van der Waals surface area contributed by atoms with Gasteiger partial charge in [-0.15, -0.1) is 0 Å². The van der Waals surface area contributed by atoms with Crippen molar-refractivity contribution in [3.8, 4) is 0 Å². The van der Waals surface area contributed by atoms with Crippen molar-refractivity contribution in [3.63, 3.8) is 0 Å². The lowest BCUT2D eigenvalue weighted by molar-refractivity contribution is -0.123. The Morgan fingerprint density at radius 1 is 1.40 bits per heavy atom. The molecule has 0 aromatic heterocycles. The Labute approximate surface area is 90.8 Å². The van der Waals surface area contributed by atoms with Crippen LogP contribution in [0.4, 0.5) is 0 Å². The Bertz CT molecular complexity index is 233. The van der Waals surface area contributed by atoms with Crippen LogP contribution < -0.4 is 10.6 Å². The molecular weight excluding hydrogens is 192 g/mol. The lowest BCUT2D eigenvalue weighted by atomic mass is 9.92. The molecule has 0 spiro atoms. The highest BCUT2D eigenvalue weighted by Gasteiger charge is 2.29. The van der Waals surface area contributed by atoms with Gasteiger partial charge in [-0.05, 0) is 32.6 Å². The Morgan fingerprint density at radius 3 is 2.67 bits per heavy atom. The molecule has 0 atom stereocenters. The standard InChI is InChI=1S/C11H20N2O2/c1-11(4-6-15-7-5-11)13-10(14)8-12-9-2-3-9/h9,12H,2-8H2,1H3,(H,13,14). The Balaban J connectivity index is 1.70. The van der Waals surface area contributed by atoms with Gasteiger partial charge in [-0.1, -0.05) is 0 Å². The largest absolute Gasteiger partial charge is 0.381 e. The first-order valence-corrected chi connectivity index (χ1v) is 5.80. The fraction of sp³-hybridized carbons (Fsp3) is 0.909. The van der Waals surface area contributed by atoms with Crippen LogP contribution in [0.5, 0.6) is 0 Å². The van der Waals surface area contributed by atoms with Gasteiger partial charge < -0.3 is 15.4 Å². The second-order valence-electron chi connectivity index (χ2n) is 4.88. The van der Waals surface area contributed by atoms with Gasteiger partial charge in [-0.25, -0.2) is 0 Å². The summed E-state index contributed by atoms with van der Waals surface area (Å²) in [6.45, 7) is 4.07. The zero-order chi connectivity index (χ0) is 10.7. The Morgan fingerprint density at radius 2 is 2.07 bits per heavy atom.